The lowest BCUT2D eigenvalue weighted by atomic mass is 10.2. The molecular weight excluding hydrogens is 216 g/mol. The molecule has 1 atom stereocenters. The van der Waals surface area contributed by atoms with Crippen LogP contribution in [0.4, 0.5) is 0 Å². The van der Waals surface area contributed by atoms with Gasteiger partial charge in [0.2, 0.25) is 5.89 Å². The minimum Gasteiger partial charge on any atom is -0.444 e. The number of carbonyl (C=O) groups is 1. The van der Waals surface area contributed by atoms with E-state index in [1.165, 1.54) is 0 Å². The standard InChI is InChI=1S/C13H14N2O2/c1-9-8-14-13(17-9)10(2)15-12(16)11-6-4-3-5-7-11/h3-8,10H,1-2H3,(H,15,16). The summed E-state index contributed by atoms with van der Waals surface area (Å²) in [6, 6.07) is 8.82. The van der Waals surface area contributed by atoms with Crippen molar-refractivity contribution in [2.24, 2.45) is 0 Å². The molecule has 0 aliphatic rings. The fraction of sp³-hybridized carbons (Fsp3) is 0.231. The second kappa shape index (κ2) is 4.82. The van der Waals surface area contributed by atoms with Crippen molar-refractivity contribution in [3.8, 4) is 0 Å². The van der Waals surface area contributed by atoms with Crippen LogP contribution in [-0.4, -0.2) is 10.9 Å². The minimum atomic E-state index is -0.239. The quantitative estimate of drug-likeness (QED) is 0.881. The molecule has 17 heavy (non-hydrogen) atoms. The number of aromatic nitrogens is 1. The average Bonchev–Trinajstić information content (AvgIpc) is 2.77. The Morgan fingerprint density at radius 3 is 2.65 bits per heavy atom. The molecule has 0 saturated carbocycles. The Balaban J connectivity index is 2.04. The Hall–Kier alpha value is -2.10. The number of aryl methyl sites for hydroxylation is 1. The zero-order valence-electron chi connectivity index (χ0n) is 9.81. The van der Waals surface area contributed by atoms with E-state index in [1.54, 1.807) is 18.3 Å². The molecule has 88 valence electrons. The number of hydrogen-bond acceptors (Lipinski definition) is 3. The van der Waals surface area contributed by atoms with Gasteiger partial charge in [0.15, 0.2) is 0 Å². The van der Waals surface area contributed by atoms with Gasteiger partial charge in [-0.15, -0.1) is 0 Å². The van der Waals surface area contributed by atoms with E-state index in [-0.39, 0.29) is 11.9 Å². The van der Waals surface area contributed by atoms with Gasteiger partial charge in [0.25, 0.3) is 5.91 Å². The van der Waals surface area contributed by atoms with Crippen LogP contribution in [0.1, 0.15) is 35.0 Å². The Kier molecular flexibility index (Phi) is 3.23. The highest BCUT2D eigenvalue weighted by Gasteiger charge is 2.14. The molecule has 2 rings (SSSR count). The van der Waals surface area contributed by atoms with Gasteiger partial charge in [-0.05, 0) is 26.0 Å². The van der Waals surface area contributed by atoms with Gasteiger partial charge in [-0.25, -0.2) is 4.98 Å². The number of nitrogens with one attached hydrogen (secondary N) is 1. The molecule has 0 saturated heterocycles. The lowest BCUT2D eigenvalue weighted by Crippen LogP contribution is -2.26. The fourth-order valence-corrected chi connectivity index (χ4v) is 1.50. The van der Waals surface area contributed by atoms with Crippen LogP contribution >= 0.6 is 0 Å². The van der Waals surface area contributed by atoms with E-state index in [4.69, 9.17) is 4.42 Å². The molecule has 0 bridgehead atoms. The highest BCUT2D eigenvalue weighted by Crippen LogP contribution is 2.12. The summed E-state index contributed by atoms with van der Waals surface area (Å²) in [5.41, 5.74) is 0.627. The van der Waals surface area contributed by atoms with Crippen LogP contribution < -0.4 is 5.32 Å². The monoisotopic (exact) mass is 230 g/mol. The van der Waals surface area contributed by atoms with Crippen molar-refractivity contribution < 1.29 is 9.21 Å². The average molecular weight is 230 g/mol. The first-order valence-electron chi connectivity index (χ1n) is 5.45. The molecule has 1 aromatic carbocycles. The molecule has 0 aliphatic carbocycles. The van der Waals surface area contributed by atoms with Gasteiger partial charge in [0.1, 0.15) is 11.8 Å². The summed E-state index contributed by atoms with van der Waals surface area (Å²) < 4.78 is 5.36. The summed E-state index contributed by atoms with van der Waals surface area (Å²) in [4.78, 5) is 15.9. The van der Waals surface area contributed by atoms with E-state index >= 15 is 0 Å². The molecule has 0 aliphatic heterocycles. The van der Waals surface area contributed by atoms with E-state index < -0.39 is 0 Å². The Bertz CT molecular complexity index is 505. The van der Waals surface area contributed by atoms with Crippen molar-refractivity contribution >= 4 is 5.91 Å². The van der Waals surface area contributed by atoms with Crippen LogP contribution in [0.3, 0.4) is 0 Å². The zero-order chi connectivity index (χ0) is 12.3. The maximum absolute atomic E-state index is 11.9. The zero-order valence-corrected chi connectivity index (χ0v) is 9.81. The summed E-state index contributed by atoms with van der Waals surface area (Å²) in [6.45, 7) is 3.66. The summed E-state index contributed by atoms with van der Waals surface area (Å²) in [5.74, 6) is 1.13. The van der Waals surface area contributed by atoms with E-state index in [1.807, 2.05) is 32.0 Å². The van der Waals surface area contributed by atoms with Crippen LogP contribution in [0.5, 0.6) is 0 Å². The number of rotatable bonds is 3. The third-order valence-electron chi connectivity index (χ3n) is 2.39. The number of oxazole rings is 1. The first kappa shape index (κ1) is 11.4. The molecule has 1 aromatic heterocycles. The summed E-state index contributed by atoms with van der Waals surface area (Å²) in [5, 5.41) is 2.83. The highest BCUT2D eigenvalue weighted by molar-refractivity contribution is 5.94. The van der Waals surface area contributed by atoms with E-state index in [0.717, 1.165) is 5.76 Å². The van der Waals surface area contributed by atoms with Crippen LogP contribution in [0.2, 0.25) is 0 Å². The molecule has 1 amide bonds. The summed E-state index contributed by atoms with van der Waals surface area (Å²) in [7, 11) is 0. The minimum absolute atomic E-state index is 0.131. The Morgan fingerprint density at radius 2 is 2.06 bits per heavy atom. The number of carbonyl (C=O) groups excluding carboxylic acids is 1. The summed E-state index contributed by atoms with van der Waals surface area (Å²) in [6.07, 6.45) is 1.64. The second-order valence-corrected chi connectivity index (χ2v) is 3.87. The molecule has 1 unspecified atom stereocenters. The van der Waals surface area contributed by atoms with Gasteiger partial charge in [0, 0.05) is 5.56 Å². The molecule has 0 fully saturated rings. The summed E-state index contributed by atoms with van der Waals surface area (Å²) >= 11 is 0. The lowest BCUT2D eigenvalue weighted by Gasteiger charge is -2.10. The third-order valence-corrected chi connectivity index (χ3v) is 2.39. The topological polar surface area (TPSA) is 55.1 Å². The van der Waals surface area contributed by atoms with Crippen molar-refractivity contribution in [3.63, 3.8) is 0 Å². The maximum atomic E-state index is 11.9. The van der Waals surface area contributed by atoms with Crippen molar-refractivity contribution in [3.05, 3.63) is 53.7 Å². The number of benzene rings is 1. The van der Waals surface area contributed by atoms with Gasteiger partial charge >= 0.3 is 0 Å². The smallest absolute Gasteiger partial charge is 0.251 e. The van der Waals surface area contributed by atoms with Crippen LogP contribution in [0.15, 0.2) is 40.9 Å². The highest BCUT2D eigenvalue weighted by atomic mass is 16.4. The van der Waals surface area contributed by atoms with Gasteiger partial charge in [0.05, 0.1) is 6.20 Å². The molecule has 1 N–H and O–H groups in total. The molecule has 4 nitrogen and oxygen atoms in total. The molecular formula is C13H14N2O2. The maximum Gasteiger partial charge on any atom is 0.251 e. The van der Waals surface area contributed by atoms with E-state index in [9.17, 15) is 4.79 Å². The first-order valence-corrected chi connectivity index (χ1v) is 5.45. The van der Waals surface area contributed by atoms with Gasteiger partial charge in [-0.1, -0.05) is 18.2 Å². The second-order valence-electron chi connectivity index (χ2n) is 3.87. The van der Waals surface area contributed by atoms with Crippen molar-refractivity contribution in [2.75, 3.05) is 0 Å². The SMILES string of the molecule is Cc1cnc(C(C)NC(=O)c2ccccc2)o1. The molecule has 0 radical (unpaired) electrons. The predicted octanol–water partition coefficient (Wildman–Crippen LogP) is 2.47. The lowest BCUT2D eigenvalue weighted by molar-refractivity contribution is 0.0934. The van der Waals surface area contributed by atoms with Crippen molar-refractivity contribution in [1.82, 2.24) is 10.3 Å². The van der Waals surface area contributed by atoms with E-state index in [2.05, 4.69) is 10.3 Å². The molecule has 4 heteroatoms. The van der Waals surface area contributed by atoms with Crippen LogP contribution in [0.25, 0.3) is 0 Å². The Labute approximate surface area is 99.7 Å². The number of amides is 1. The predicted molar refractivity (Wildman–Crippen MR) is 63.6 cm³/mol. The number of nitrogens with zero attached hydrogens (tertiary/aromatic N) is 1. The van der Waals surface area contributed by atoms with Crippen LogP contribution in [0, 0.1) is 6.92 Å². The third kappa shape index (κ3) is 2.72. The van der Waals surface area contributed by atoms with Crippen LogP contribution in [-0.2, 0) is 0 Å². The van der Waals surface area contributed by atoms with E-state index in [0.29, 0.717) is 11.5 Å². The molecule has 1 heterocycles. The molecule has 0 spiro atoms. The van der Waals surface area contributed by atoms with Gasteiger partial charge in [-0.2, -0.15) is 0 Å². The van der Waals surface area contributed by atoms with Gasteiger partial charge in [-0.3, -0.25) is 4.79 Å². The van der Waals surface area contributed by atoms with Crippen molar-refractivity contribution in [1.29, 1.82) is 0 Å². The largest absolute Gasteiger partial charge is 0.444 e. The number of hydrogen-bond donors (Lipinski definition) is 1. The first-order chi connectivity index (χ1) is 8.16. The fourth-order valence-electron chi connectivity index (χ4n) is 1.50. The van der Waals surface area contributed by atoms with Crippen molar-refractivity contribution in [2.45, 2.75) is 19.9 Å². The Morgan fingerprint density at radius 1 is 1.35 bits per heavy atom. The normalized spacial score (nSPS) is 12.1. The van der Waals surface area contributed by atoms with Gasteiger partial charge < -0.3 is 9.73 Å². The molecule has 2 aromatic rings.